The smallest absolute Gasteiger partial charge is 0.126 e. The first-order valence-corrected chi connectivity index (χ1v) is 7.91. The molecule has 0 radical (unpaired) electrons. The molecule has 3 rings (SSSR count). The summed E-state index contributed by atoms with van der Waals surface area (Å²) in [6, 6.07) is 6.20. The van der Waals surface area contributed by atoms with E-state index in [2.05, 4.69) is 10.2 Å². The highest BCUT2D eigenvalue weighted by Gasteiger charge is 2.24. The van der Waals surface area contributed by atoms with Gasteiger partial charge in [-0.1, -0.05) is 12.1 Å². The zero-order valence-corrected chi connectivity index (χ0v) is 12.4. The fourth-order valence-corrected chi connectivity index (χ4v) is 3.01. The number of halogens is 1. The van der Waals surface area contributed by atoms with Crippen LogP contribution in [0.2, 0.25) is 0 Å². The fourth-order valence-electron chi connectivity index (χ4n) is 3.01. The average Bonchev–Trinajstić information content (AvgIpc) is 3.26. The third-order valence-corrected chi connectivity index (χ3v) is 4.61. The molecule has 0 atom stereocenters. The normalized spacial score (nSPS) is 21.3. The van der Waals surface area contributed by atoms with Crippen molar-refractivity contribution >= 4 is 0 Å². The molecule has 1 heterocycles. The van der Waals surface area contributed by atoms with Crippen LogP contribution in [0.4, 0.5) is 4.39 Å². The lowest BCUT2D eigenvalue weighted by Gasteiger charge is -2.32. The Bertz CT molecular complexity index is 448. The summed E-state index contributed by atoms with van der Waals surface area (Å²) < 4.78 is 13.3. The number of benzene rings is 1. The van der Waals surface area contributed by atoms with E-state index >= 15 is 0 Å². The Morgan fingerprint density at radius 2 is 1.95 bits per heavy atom. The first kappa shape index (κ1) is 14.0. The third kappa shape index (κ3) is 3.80. The fraction of sp³-hybridized carbons (Fsp3) is 0.647. The Morgan fingerprint density at radius 1 is 1.20 bits per heavy atom. The van der Waals surface area contributed by atoms with Gasteiger partial charge in [-0.2, -0.15) is 0 Å². The molecule has 1 N–H and O–H groups in total. The van der Waals surface area contributed by atoms with Gasteiger partial charge in [0.05, 0.1) is 0 Å². The first-order valence-electron chi connectivity index (χ1n) is 7.91. The molecule has 3 heteroatoms. The highest BCUT2D eigenvalue weighted by molar-refractivity contribution is 5.23. The molecular weight excluding hydrogens is 251 g/mol. The molecule has 2 nitrogen and oxygen atoms in total. The average molecular weight is 276 g/mol. The molecule has 0 amide bonds. The second-order valence-corrected chi connectivity index (χ2v) is 6.49. The SMILES string of the molecule is Cc1cc(CN2CCC(NCC3CC3)CC2)ccc1F. The molecular formula is C17H25FN2. The molecule has 0 bridgehead atoms. The lowest BCUT2D eigenvalue weighted by molar-refractivity contribution is 0.190. The number of hydrogen-bond acceptors (Lipinski definition) is 2. The quantitative estimate of drug-likeness (QED) is 0.889. The van der Waals surface area contributed by atoms with E-state index in [0.717, 1.165) is 31.1 Å². The molecule has 0 unspecified atom stereocenters. The Balaban J connectivity index is 1.44. The Morgan fingerprint density at radius 3 is 2.60 bits per heavy atom. The maximum absolute atomic E-state index is 13.3. The molecule has 2 aliphatic rings. The van der Waals surface area contributed by atoms with Gasteiger partial charge in [-0.3, -0.25) is 4.90 Å². The van der Waals surface area contributed by atoms with Crippen molar-refractivity contribution in [3.05, 3.63) is 35.1 Å². The Kier molecular flexibility index (Phi) is 4.37. The summed E-state index contributed by atoms with van der Waals surface area (Å²) >= 11 is 0. The second kappa shape index (κ2) is 6.23. The number of aryl methyl sites for hydroxylation is 1. The van der Waals surface area contributed by atoms with Crippen molar-refractivity contribution in [2.45, 2.75) is 45.2 Å². The Hall–Kier alpha value is -0.930. The van der Waals surface area contributed by atoms with Gasteiger partial charge >= 0.3 is 0 Å². The molecule has 0 aromatic heterocycles. The molecule has 0 spiro atoms. The lowest BCUT2D eigenvalue weighted by atomic mass is 10.0. The maximum Gasteiger partial charge on any atom is 0.126 e. The third-order valence-electron chi connectivity index (χ3n) is 4.61. The van der Waals surface area contributed by atoms with E-state index in [4.69, 9.17) is 0 Å². The molecule has 1 saturated heterocycles. The highest BCUT2D eigenvalue weighted by atomic mass is 19.1. The van der Waals surface area contributed by atoms with Crippen LogP contribution in [0.5, 0.6) is 0 Å². The molecule has 1 aliphatic carbocycles. The van der Waals surface area contributed by atoms with E-state index in [0.29, 0.717) is 6.04 Å². The van der Waals surface area contributed by atoms with Crippen LogP contribution in [0.25, 0.3) is 0 Å². The number of hydrogen-bond donors (Lipinski definition) is 1. The van der Waals surface area contributed by atoms with Crippen molar-refractivity contribution in [2.24, 2.45) is 5.92 Å². The molecule has 20 heavy (non-hydrogen) atoms. The second-order valence-electron chi connectivity index (χ2n) is 6.49. The predicted molar refractivity (Wildman–Crippen MR) is 80.2 cm³/mol. The zero-order chi connectivity index (χ0) is 13.9. The van der Waals surface area contributed by atoms with Crippen molar-refractivity contribution in [3.63, 3.8) is 0 Å². The standard InChI is InChI=1S/C17H25FN2/c1-13-10-15(4-5-17(13)18)12-20-8-6-16(7-9-20)19-11-14-2-3-14/h4-5,10,14,16,19H,2-3,6-9,11-12H2,1H3. The molecule has 1 aromatic rings. The van der Waals surface area contributed by atoms with Crippen LogP contribution in [0.1, 0.15) is 36.8 Å². The van der Waals surface area contributed by atoms with Gasteiger partial charge in [0.1, 0.15) is 5.82 Å². The van der Waals surface area contributed by atoms with E-state index in [9.17, 15) is 4.39 Å². The Labute approximate surface area is 121 Å². The van der Waals surface area contributed by atoms with Crippen LogP contribution < -0.4 is 5.32 Å². The zero-order valence-electron chi connectivity index (χ0n) is 12.4. The van der Waals surface area contributed by atoms with Crippen LogP contribution in [0.3, 0.4) is 0 Å². The maximum atomic E-state index is 13.3. The summed E-state index contributed by atoms with van der Waals surface area (Å²) in [5.74, 6) is 0.868. The minimum Gasteiger partial charge on any atom is -0.314 e. The topological polar surface area (TPSA) is 15.3 Å². The van der Waals surface area contributed by atoms with Gasteiger partial charge in [0.2, 0.25) is 0 Å². The molecule has 1 aromatic carbocycles. The molecule has 1 aliphatic heterocycles. The summed E-state index contributed by atoms with van der Waals surface area (Å²) in [7, 11) is 0. The summed E-state index contributed by atoms with van der Waals surface area (Å²) in [5, 5.41) is 3.71. The number of piperidine rings is 1. The van der Waals surface area contributed by atoms with Gasteiger partial charge in [-0.25, -0.2) is 4.39 Å². The summed E-state index contributed by atoms with van der Waals surface area (Å²) in [4.78, 5) is 2.49. The van der Waals surface area contributed by atoms with Gasteiger partial charge < -0.3 is 5.32 Å². The highest BCUT2D eigenvalue weighted by Crippen LogP contribution is 2.28. The van der Waals surface area contributed by atoms with Gasteiger partial charge in [0.15, 0.2) is 0 Å². The van der Waals surface area contributed by atoms with Crippen molar-refractivity contribution < 1.29 is 4.39 Å². The molecule has 2 fully saturated rings. The molecule has 1 saturated carbocycles. The van der Waals surface area contributed by atoms with E-state index in [1.807, 2.05) is 19.1 Å². The van der Waals surface area contributed by atoms with E-state index < -0.39 is 0 Å². The van der Waals surface area contributed by atoms with E-state index in [-0.39, 0.29) is 5.82 Å². The number of nitrogens with zero attached hydrogens (tertiary/aromatic N) is 1. The van der Waals surface area contributed by atoms with Crippen LogP contribution in [-0.2, 0) is 6.54 Å². The number of rotatable bonds is 5. The van der Waals surface area contributed by atoms with Crippen LogP contribution >= 0.6 is 0 Å². The van der Waals surface area contributed by atoms with E-state index in [1.54, 1.807) is 6.07 Å². The van der Waals surface area contributed by atoms with E-state index in [1.165, 1.54) is 37.8 Å². The van der Waals surface area contributed by atoms with Gasteiger partial charge in [0, 0.05) is 12.6 Å². The molecule has 110 valence electrons. The first-order chi connectivity index (χ1) is 9.70. The minimum absolute atomic E-state index is 0.100. The monoisotopic (exact) mass is 276 g/mol. The predicted octanol–water partition coefficient (Wildman–Crippen LogP) is 3.10. The van der Waals surface area contributed by atoms with Crippen LogP contribution in [0.15, 0.2) is 18.2 Å². The van der Waals surface area contributed by atoms with Crippen molar-refractivity contribution in [1.82, 2.24) is 10.2 Å². The van der Waals surface area contributed by atoms with Gasteiger partial charge in [-0.15, -0.1) is 0 Å². The summed E-state index contributed by atoms with van der Waals surface area (Å²) in [5.41, 5.74) is 1.98. The van der Waals surface area contributed by atoms with Crippen molar-refractivity contribution in [1.29, 1.82) is 0 Å². The summed E-state index contributed by atoms with van der Waals surface area (Å²) in [6.07, 6.45) is 5.34. The van der Waals surface area contributed by atoms with Crippen LogP contribution in [-0.4, -0.2) is 30.6 Å². The number of nitrogens with one attached hydrogen (secondary N) is 1. The lowest BCUT2D eigenvalue weighted by Crippen LogP contribution is -2.42. The largest absolute Gasteiger partial charge is 0.314 e. The minimum atomic E-state index is -0.100. The van der Waals surface area contributed by atoms with Crippen molar-refractivity contribution in [2.75, 3.05) is 19.6 Å². The summed E-state index contributed by atoms with van der Waals surface area (Å²) in [6.45, 7) is 6.32. The van der Waals surface area contributed by atoms with Crippen LogP contribution in [0, 0.1) is 18.7 Å². The van der Waals surface area contributed by atoms with Gasteiger partial charge in [-0.05, 0) is 75.4 Å². The van der Waals surface area contributed by atoms with Crippen molar-refractivity contribution in [3.8, 4) is 0 Å². The number of likely N-dealkylation sites (tertiary alicyclic amines) is 1. The van der Waals surface area contributed by atoms with Gasteiger partial charge in [0.25, 0.3) is 0 Å².